The molecule has 1 aromatic carbocycles. The van der Waals surface area contributed by atoms with Crippen molar-refractivity contribution >= 4 is 23.0 Å². The minimum Gasteiger partial charge on any atom is -0.494 e. The number of imidazole rings is 1. The summed E-state index contributed by atoms with van der Waals surface area (Å²) in [6, 6.07) is 2.77. The minimum atomic E-state index is -0.505. The zero-order chi connectivity index (χ0) is 14.7. The molecule has 0 aliphatic carbocycles. The quantitative estimate of drug-likeness (QED) is 0.844. The molecular weight excluding hydrogens is 265 g/mol. The molecule has 7 heteroatoms. The van der Waals surface area contributed by atoms with E-state index >= 15 is 0 Å². The minimum absolute atomic E-state index is 0.106. The van der Waals surface area contributed by atoms with Gasteiger partial charge in [-0.2, -0.15) is 0 Å². The molecule has 0 saturated heterocycles. The Bertz CT molecular complexity index is 639. The third-order valence-corrected chi connectivity index (χ3v) is 2.90. The van der Waals surface area contributed by atoms with Crippen LogP contribution in [0.4, 0.5) is 10.3 Å². The van der Waals surface area contributed by atoms with E-state index in [1.165, 1.54) is 19.2 Å². The molecule has 108 valence electrons. The summed E-state index contributed by atoms with van der Waals surface area (Å²) in [6.45, 7) is 2.39. The number of benzene rings is 1. The number of hydrogen-bond acceptors (Lipinski definition) is 5. The monoisotopic (exact) mass is 281 g/mol. The van der Waals surface area contributed by atoms with Gasteiger partial charge in [-0.3, -0.25) is 4.79 Å². The second kappa shape index (κ2) is 5.77. The Morgan fingerprint density at radius 2 is 2.25 bits per heavy atom. The Hall–Kier alpha value is -2.31. The number of aromatic nitrogens is 2. The van der Waals surface area contributed by atoms with E-state index in [0.717, 1.165) is 0 Å². The number of carbonyl (C=O) groups excluding carboxylic acids is 1. The first-order valence-corrected chi connectivity index (χ1v) is 6.21. The first-order chi connectivity index (χ1) is 9.56. The number of halogens is 1. The summed E-state index contributed by atoms with van der Waals surface area (Å²) < 4.78 is 25.0. The van der Waals surface area contributed by atoms with Crippen molar-refractivity contribution in [2.24, 2.45) is 0 Å². The van der Waals surface area contributed by atoms with Crippen molar-refractivity contribution in [2.75, 3.05) is 19.5 Å². The summed E-state index contributed by atoms with van der Waals surface area (Å²) in [5, 5.41) is 0. The van der Waals surface area contributed by atoms with E-state index in [9.17, 15) is 9.18 Å². The Morgan fingerprint density at radius 1 is 1.50 bits per heavy atom. The van der Waals surface area contributed by atoms with Crippen LogP contribution >= 0.6 is 0 Å². The van der Waals surface area contributed by atoms with Gasteiger partial charge in [0.25, 0.3) is 0 Å². The van der Waals surface area contributed by atoms with Gasteiger partial charge in [0, 0.05) is 18.7 Å². The van der Waals surface area contributed by atoms with Crippen molar-refractivity contribution in [3.05, 3.63) is 17.9 Å². The topological polar surface area (TPSA) is 79.4 Å². The van der Waals surface area contributed by atoms with Crippen LogP contribution in [-0.2, 0) is 16.1 Å². The van der Waals surface area contributed by atoms with Crippen molar-refractivity contribution in [3.8, 4) is 5.75 Å². The SMILES string of the molecule is CCOC(=O)CCn1c(N)nc2cc(F)c(OC)cc21. The van der Waals surface area contributed by atoms with Gasteiger partial charge in [0.2, 0.25) is 5.95 Å². The fourth-order valence-corrected chi connectivity index (χ4v) is 1.97. The van der Waals surface area contributed by atoms with Crippen LogP contribution in [0, 0.1) is 5.82 Å². The van der Waals surface area contributed by atoms with Gasteiger partial charge in [-0.05, 0) is 6.92 Å². The molecule has 0 fully saturated rings. The molecule has 0 aliphatic heterocycles. The number of nitrogens with zero attached hydrogens (tertiary/aromatic N) is 2. The number of fused-ring (bicyclic) bond motifs is 1. The van der Waals surface area contributed by atoms with Crippen LogP contribution < -0.4 is 10.5 Å². The Balaban J connectivity index is 2.32. The van der Waals surface area contributed by atoms with Gasteiger partial charge in [-0.1, -0.05) is 0 Å². The molecule has 2 aromatic rings. The van der Waals surface area contributed by atoms with Crippen LogP contribution in [0.5, 0.6) is 5.75 Å². The fraction of sp³-hybridized carbons (Fsp3) is 0.385. The number of hydrogen-bond donors (Lipinski definition) is 1. The van der Waals surface area contributed by atoms with Crippen molar-refractivity contribution in [2.45, 2.75) is 19.9 Å². The summed E-state index contributed by atoms with van der Waals surface area (Å²) in [5.41, 5.74) is 6.83. The van der Waals surface area contributed by atoms with E-state index in [-0.39, 0.29) is 24.1 Å². The van der Waals surface area contributed by atoms with Gasteiger partial charge in [-0.15, -0.1) is 0 Å². The lowest BCUT2D eigenvalue weighted by Gasteiger charge is -2.07. The summed E-state index contributed by atoms with van der Waals surface area (Å²) in [6.07, 6.45) is 0.170. The highest BCUT2D eigenvalue weighted by atomic mass is 19.1. The Kier molecular flexibility index (Phi) is 4.07. The van der Waals surface area contributed by atoms with Crippen LogP contribution in [0.1, 0.15) is 13.3 Å². The van der Waals surface area contributed by atoms with Crippen molar-refractivity contribution < 1.29 is 18.7 Å². The molecule has 0 radical (unpaired) electrons. The second-order valence-electron chi connectivity index (χ2n) is 4.15. The zero-order valence-electron chi connectivity index (χ0n) is 11.4. The lowest BCUT2D eigenvalue weighted by Crippen LogP contribution is -2.10. The number of ether oxygens (including phenoxy) is 2. The van der Waals surface area contributed by atoms with Crippen LogP contribution in [0.3, 0.4) is 0 Å². The maximum atomic E-state index is 13.6. The molecule has 0 spiro atoms. The average molecular weight is 281 g/mol. The molecule has 1 heterocycles. The zero-order valence-corrected chi connectivity index (χ0v) is 11.4. The number of rotatable bonds is 5. The van der Waals surface area contributed by atoms with Gasteiger partial charge in [0.1, 0.15) is 0 Å². The largest absolute Gasteiger partial charge is 0.494 e. The molecule has 2 rings (SSSR count). The van der Waals surface area contributed by atoms with Crippen molar-refractivity contribution in [1.82, 2.24) is 9.55 Å². The number of nitrogens with two attached hydrogens (primary N) is 1. The van der Waals surface area contributed by atoms with E-state index in [1.807, 2.05) is 0 Å². The first-order valence-electron chi connectivity index (χ1n) is 6.21. The van der Waals surface area contributed by atoms with E-state index < -0.39 is 5.82 Å². The first kappa shape index (κ1) is 14.1. The van der Waals surface area contributed by atoms with Crippen molar-refractivity contribution in [1.29, 1.82) is 0 Å². The van der Waals surface area contributed by atoms with E-state index in [0.29, 0.717) is 24.2 Å². The highest BCUT2D eigenvalue weighted by Gasteiger charge is 2.14. The molecule has 6 nitrogen and oxygen atoms in total. The Morgan fingerprint density at radius 3 is 2.90 bits per heavy atom. The molecule has 0 atom stereocenters. The number of methoxy groups -OCH3 is 1. The van der Waals surface area contributed by atoms with Crippen LogP contribution in [0.25, 0.3) is 11.0 Å². The summed E-state index contributed by atoms with van der Waals surface area (Å²) in [4.78, 5) is 15.4. The number of anilines is 1. The van der Waals surface area contributed by atoms with Gasteiger partial charge in [-0.25, -0.2) is 9.37 Å². The molecular formula is C13H16FN3O3. The smallest absolute Gasteiger partial charge is 0.307 e. The molecule has 2 N–H and O–H groups in total. The fourth-order valence-electron chi connectivity index (χ4n) is 1.97. The average Bonchev–Trinajstić information content (AvgIpc) is 2.70. The summed E-state index contributed by atoms with van der Waals surface area (Å²) in [7, 11) is 1.38. The van der Waals surface area contributed by atoms with Gasteiger partial charge < -0.3 is 19.8 Å². The summed E-state index contributed by atoms with van der Waals surface area (Å²) >= 11 is 0. The molecule has 0 amide bonds. The third-order valence-electron chi connectivity index (χ3n) is 2.90. The number of nitrogen functional groups attached to an aromatic ring is 1. The normalized spacial score (nSPS) is 10.8. The second-order valence-corrected chi connectivity index (χ2v) is 4.15. The van der Waals surface area contributed by atoms with Gasteiger partial charge >= 0.3 is 5.97 Å². The maximum Gasteiger partial charge on any atom is 0.307 e. The molecule has 0 bridgehead atoms. The third kappa shape index (κ3) is 2.66. The van der Waals surface area contributed by atoms with Crippen molar-refractivity contribution in [3.63, 3.8) is 0 Å². The van der Waals surface area contributed by atoms with Crippen LogP contribution in [-0.4, -0.2) is 29.2 Å². The van der Waals surface area contributed by atoms with E-state index in [4.69, 9.17) is 15.2 Å². The molecule has 0 unspecified atom stereocenters. The van der Waals surface area contributed by atoms with Gasteiger partial charge in [0.15, 0.2) is 11.6 Å². The predicted molar refractivity (Wildman–Crippen MR) is 71.9 cm³/mol. The predicted octanol–water partition coefficient (Wildman–Crippen LogP) is 1.72. The standard InChI is InChI=1S/C13H16FN3O3/c1-3-20-12(18)4-5-17-10-7-11(19-2)8(14)6-9(10)16-13(17)15/h6-7H,3-5H2,1-2H3,(H2,15,16). The molecule has 0 saturated carbocycles. The Labute approximate surface area is 115 Å². The van der Waals surface area contributed by atoms with E-state index in [1.54, 1.807) is 11.5 Å². The van der Waals surface area contributed by atoms with Crippen LogP contribution in [0.15, 0.2) is 12.1 Å². The maximum absolute atomic E-state index is 13.6. The lowest BCUT2D eigenvalue weighted by atomic mass is 10.2. The summed E-state index contributed by atoms with van der Waals surface area (Å²) in [5.74, 6) is -0.496. The number of carbonyl (C=O) groups is 1. The lowest BCUT2D eigenvalue weighted by molar-refractivity contribution is -0.143. The van der Waals surface area contributed by atoms with Gasteiger partial charge in [0.05, 0.1) is 31.2 Å². The number of aryl methyl sites for hydroxylation is 1. The highest BCUT2D eigenvalue weighted by Crippen LogP contribution is 2.26. The highest BCUT2D eigenvalue weighted by molar-refractivity contribution is 5.80. The molecule has 20 heavy (non-hydrogen) atoms. The molecule has 1 aromatic heterocycles. The van der Waals surface area contributed by atoms with E-state index in [2.05, 4.69) is 4.98 Å². The number of esters is 1. The molecule has 0 aliphatic rings. The van der Waals surface area contributed by atoms with Crippen LogP contribution in [0.2, 0.25) is 0 Å².